The summed E-state index contributed by atoms with van der Waals surface area (Å²) in [6.07, 6.45) is 4.40. The van der Waals surface area contributed by atoms with Gasteiger partial charge in [0.15, 0.2) is 0 Å². The summed E-state index contributed by atoms with van der Waals surface area (Å²) in [4.78, 5) is 6.91. The van der Waals surface area contributed by atoms with Crippen LogP contribution >= 0.6 is 15.9 Å². The second kappa shape index (κ2) is 5.83. The minimum absolute atomic E-state index is 0.551. The molecule has 1 aliphatic rings. The largest absolute Gasteiger partial charge is 0.352 e. The highest BCUT2D eigenvalue weighted by atomic mass is 79.9. The highest BCUT2D eigenvalue weighted by Gasteiger charge is 2.25. The molecule has 17 heavy (non-hydrogen) atoms. The van der Waals surface area contributed by atoms with E-state index >= 15 is 0 Å². The van der Waals surface area contributed by atoms with E-state index in [1.165, 1.54) is 12.8 Å². The third-order valence-electron chi connectivity index (χ3n) is 3.14. The first-order chi connectivity index (χ1) is 8.16. The molecular formula is C13H20BrN3. The second-order valence-electron chi connectivity index (χ2n) is 4.89. The monoisotopic (exact) mass is 297 g/mol. The van der Waals surface area contributed by atoms with Crippen molar-refractivity contribution in [1.82, 2.24) is 10.3 Å². The first-order valence-electron chi connectivity index (χ1n) is 6.28. The summed E-state index contributed by atoms with van der Waals surface area (Å²) in [7, 11) is 0. The minimum atomic E-state index is 0.551. The van der Waals surface area contributed by atoms with Crippen molar-refractivity contribution >= 4 is 21.7 Å². The van der Waals surface area contributed by atoms with Crippen LogP contribution in [0.4, 0.5) is 5.82 Å². The third kappa shape index (κ3) is 3.42. The lowest BCUT2D eigenvalue weighted by molar-refractivity contribution is 0.522. The number of rotatable bonds is 4. The van der Waals surface area contributed by atoms with Crippen LogP contribution in [0.2, 0.25) is 0 Å². The van der Waals surface area contributed by atoms with E-state index in [0.29, 0.717) is 12.1 Å². The molecule has 0 aromatic carbocycles. The highest BCUT2D eigenvalue weighted by molar-refractivity contribution is 9.10. The van der Waals surface area contributed by atoms with E-state index in [1.807, 2.05) is 6.20 Å². The van der Waals surface area contributed by atoms with Crippen LogP contribution in [-0.4, -0.2) is 30.2 Å². The summed E-state index contributed by atoms with van der Waals surface area (Å²) in [5.41, 5.74) is 0. The number of aromatic nitrogens is 1. The maximum Gasteiger partial charge on any atom is 0.128 e. The molecule has 94 valence electrons. The Bertz CT molecular complexity index is 350. The van der Waals surface area contributed by atoms with Crippen molar-refractivity contribution in [3.8, 4) is 0 Å². The standard InChI is InChI=1S/C13H20BrN3/c1-10(2)15-9-12-4-3-7-17(12)13-6-5-11(14)8-16-13/h5-6,8,10,12,15H,3-4,7,9H2,1-2H3. The summed E-state index contributed by atoms with van der Waals surface area (Å²) < 4.78 is 1.04. The number of nitrogens with one attached hydrogen (secondary N) is 1. The minimum Gasteiger partial charge on any atom is -0.352 e. The fourth-order valence-electron chi connectivity index (χ4n) is 2.26. The molecule has 0 saturated carbocycles. The van der Waals surface area contributed by atoms with Crippen LogP contribution in [0.5, 0.6) is 0 Å². The van der Waals surface area contributed by atoms with Crippen molar-refractivity contribution in [2.45, 2.75) is 38.8 Å². The van der Waals surface area contributed by atoms with Gasteiger partial charge < -0.3 is 10.2 Å². The fraction of sp³-hybridized carbons (Fsp3) is 0.615. The fourth-order valence-corrected chi connectivity index (χ4v) is 2.49. The number of nitrogens with zero attached hydrogens (tertiary/aromatic N) is 2. The van der Waals surface area contributed by atoms with Gasteiger partial charge >= 0.3 is 0 Å². The summed E-state index contributed by atoms with van der Waals surface area (Å²) in [6, 6.07) is 5.30. The van der Waals surface area contributed by atoms with Gasteiger partial charge in [0.1, 0.15) is 5.82 Å². The molecule has 0 bridgehead atoms. The molecule has 1 aromatic heterocycles. The van der Waals surface area contributed by atoms with Crippen LogP contribution in [0.1, 0.15) is 26.7 Å². The van der Waals surface area contributed by atoms with Gasteiger partial charge in [0.05, 0.1) is 0 Å². The van der Waals surface area contributed by atoms with Crippen LogP contribution in [0.25, 0.3) is 0 Å². The zero-order valence-corrected chi connectivity index (χ0v) is 12.1. The quantitative estimate of drug-likeness (QED) is 0.926. The average molecular weight is 298 g/mol. The Balaban J connectivity index is 2.01. The molecule has 1 saturated heterocycles. The zero-order valence-electron chi connectivity index (χ0n) is 10.5. The van der Waals surface area contributed by atoms with Gasteiger partial charge in [0.2, 0.25) is 0 Å². The van der Waals surface area contributed by atoms with Crippen LogP contribution in [0, 0.1) is 0 Å². The molecule has 0 aliphatic carbocycles. The van der Waals surface area contributed by atoms with E-state index in [2.05, 4.69) is 57.1 Å². The van der Waals surface area contributed by atoms with E-state index in [4.69, 9.17) is 0 Å². The molecule has 1 aromatic rings. The van der Waals surface area contributed by atoms with Gasteiger partial charge in [-0.05, 0) is 40.9 Å². The number of pyridine rings is 1. The van der Waals surface area contributed by atoms with Crippen molar-refractivity contribution in [2.75, 3.05) is 18.0 Å². The molecule has 0 amide bonds. The number of hydrogen-bond acceptors (Lipinski definition) is 3. The Morgan fingerprint density at radius 3 is 3.00 bits per heavy atom. The lowest BCUT2D eigenvalue weighted by Gasteiger charge is -2.26. The van der Waals surface area contributed by atoms with E-state index in [0.717, 1.165) is 23.4 Å². The molecule has 1 N–H and O–H groups in total. The molecule has 1 fully saturated rings. The molecule has 3 nitrogen and oxygen atoms in total. The Labute approximate surface area is 112 Å². The molecule has 2 rings (SSSR count). The predicted molar refractivity (Wildman–Crippen MR) is 75.4 cm³/mol. The SMILES string of the molecule is CC(C)NCC1CCCN1c1ccc(Br)cn1. The molecule has 4 heteroatoms. The lowest BCUT2D eigenvalue weighted by Crippen LogP contribution is -2.40. The highest BCUT2D eigenvalue weighted by Crippen LogP contribution is 2.24. The Hall–Kier alpha value is -0.610. The zero-order chi connectivity index (χ0) is 12.3. The first-order valence-corrected chi connectivity index (χ1v) is 7.07. The maximum absolute atomic E-state index is 4.49. The summed E-state index contributed by atoms with van der Waals surface area (Å²) in [6.45, 7) is 6.56. The van der Waals surface area contributed by atoms with Crippen LogP contribution in [-0.2, 0) is 0 Å². The van der Waals surface area contributed by atoms with Gasteiger partial charge in [-0.25, -0.2) is 4.98 Å². The van der Waals surface area contributed by atoms with Crippen molar-refractivity contribution in [2.24, 2.45) is 0 Å². The van der Waals surface area contributed by atoms with Gasteiger partial charge in [0.25, 0.3) is 0 Å². The first kappa shape index (κ1) is 12.8. The smallest absolute Gasteiger partial charge is 0.128 e. The predicted octanol–water partition coefficient (Wildman–Crippen LogP) is 2.81. The molecular weight excluding hydrogens is 278 g/mol. The third-order valence-corrected chi connectivity index (χ3v) is 3.61. The number of halogens is 1. The molecule has 1 aliphatic heterocycles. The second-order valence-corrected chi connectivity index (χ2v) is 5.80. The van der Waals surface area contributed by atoms with Crippen molar-refractivity contribution in [3.63, 3.8) is 0 Å². The van der Waals surface area contributed by atoms with E-state index in [-0.39, 0.29) is 0 Å². The van der Waals surface area contributed by atoms with E-state index < -0.39 is 0 Å². The van der Waals surface area contributed by atoms with Gasteiger partial charge in [-0.15, -0.1) is 0 Å². The van der Waals surface area contributed by atoms with E-state index in [9.17, 15) is 0 Å². The van der Waals surface area contributed by atoms with Crippen molar-refractivity contribution in [1.29, 1.82) is 0 Å². The van der Waals surface area contributed by atoms with Gasteiger partial charge in [-0.1, -0.05) is 13.8 Å². The Kier molecular flexibility index (Phi) is 4.40. The summed E-state index contributed by atoms with van der Waals surface area (Å²) in [5.74, 6) is 1.10. The van der Waals surface area contributed by atoms with Gasteiger partial charge in [0, 0.05) is 35.8 Å². The summed E-state index contributed by atoms with van der Waals surface area (Å²) >= 11 is 3.43. The van der Waals surface area contributed by atoms with Crippen molar-refractivity contribution in [3.05, 3.63) is 22.8 Å². The number of hydrogen-bond donors (Lipinski definition) is 1. The van der Waals surface area contributed by atoms with Gasteiger partial charge in [-0.3, -0.25) is 0 Å². The van der Waals surface area contributed by atoms with E-state index in [1.54, 1.807) is 0 Å². The molecule has 1 atom stereocenters. The van der Waals surface area contributed by atoms with Crippen LogP contribution in [0.3, 0.4) is 0 Å². The van der Waals surface area contributed by atoms with Crippen LogP contribution < -0.4 is 10.2 Å². The molecule has 0 spiro atoms. The normalized spacial score (nSPS) is 20.2. The van der Waals surface area contributed by atoms with Crippen molar-refractivity contribution < 1.29 is 0 Å². The van der Waals surface area contributed by atoms with Crippen LogP contribution in [0.15, 0.2) is 22.8 Å². The Morgan fingerprint density at radius 1 is 1.53 bits per heavy atom. The number of anilines is 1. The molecule has 2 heterocycles. The average Bonchev–Trinajstić information content (AvgIpc) is 2.75. The Morgan fingerprint density at radius 2 is 2.35 bits per heavy atom. The van der Waals surface area contributed by atoms with Gasteiger partial charge in [-0.2, -0.15) is 0 Å². The topological polar surface area (TPSA) is 28.2 Å². The summed E-state index contributed by atoms with van der Waals surface area (Å²) in [5, 5.41) is 3.52. The lowest BCUT2D eigenvalue weighted by atomic mass is 10.2. The molecule has 1 unspecified atom stereocenters. The maximum atomic E-state index is 4.49. The molecule has 0 radical (unpaired) electrons.